The van der Waals surface area contributed by atoms with E-state index in [1.54, 1.807) is 0 Å². The average molecular weight is 677 g/mol. The first-order valence-corrected chi connectivity index (χ1v) is 22.3. The molecule has 6 atom stereocenters. The number of nitrogens with zero attached hydrogens (tertiary/aromatic N) is 1. The zero-order valence-electron chi connectivity index (χ0n) is 33.9. The van der Waals surface area contributed by atoms with Crippen molar-refractivity contribution in [3.8, 4) is 0 Å². The summed E-state index contributed by atoms with van der Waals surface area (Å²) in [5.41, 5.74) is 9.62. The van der Waals surface area contributed by atoms with Crippen LogP contribution in [-0.2, 0) is 10.8 Å². The van der Waals surface area contributed by atoms with Gasteiger partial charge in [0.05, 0.1) is 11.7 Å². The van der Waals surface area contributed by atoms with Crippen molar-refractivity contribution in [2.75, 3.05) is 0 Å². The van der Waals surface area contributed by atoms with Crippen LogP contribution in [0.3, 0.4) is 0 Å². The largest absolute Gasteiger partial charge is 0.299 e. The molecule has 5 unspecified atom stereocenters. The molecule has 0 bridgehead atoms. The van der Waals surface area contributed by atoms with Crippen LogP contribution in [-0.4, -0.2) is 30.5 Å². The fourth-order valence-corrected chi connectivity index (χ4v) is 15.5. The standard InChI is InChI=1S/C46H68N2Si/c1-42(2,3)30-20-22-35-36-23-21-31(43(4,5)6)28-38(36)41(37(35)27-30)49(15,16)48-39-19-17-18-34(40(39)47-46(48,13)14)29-24-32(44(7,8)9)26-33(25-29)45(10,11)12/h17-28,35-41,47H,1-16H3/t35?,36?,37?,38?,39-,40?,41?/m1/s1. The summed E-state index contributed by atoms with van der Waals surface area (Å²) in [4.78, 5) is 0. The number of fused-ring (bicyclic) bond motifs is 4. The van der Waals surface area contributed by atoms with Gasteiger partial charge in [0.1, 0.15) is 8.24 Å². The van der Waals surface area contributed by atoms with Crippen molar-refractivity contribution in [2.45, 2.75) is 144 Å². The van der Waals surface area contributed by atoms with Crippen LogP contribution in [0.15, 0.2) is 84.0 Å². The maximum atomic E-state index is 4.27. The molecule has 0 radical (unpaired) electrons. The predicted octanol–water partition coefficient (Wildman–Crippen LogP) is 11.8. The molecule has 0 amide bonds. The van der Waals surface area contributed by atoms with E-state index in [2.05, 4.69) is 193 Å². The molecule has 3 heteroatoms. The molecular weight excluding hydrogens is 609 g/mol. The molecule has 1 aromatic rings. The van der Waals surface area contributed by atoms with Gasteiger partial charge in [0, 0.05) is 6.04 Å². The summed E-state index contributed by atoms with van der Waals surface area (Å²) in [7, 11) is -2.15. The van der Waals surface area contributed by atoms with E-state index < -0.39 is 8.24 Å². The average Bonchev–Trinajstić information content (AvgIpc) is 3.45. The molecule has 2 nitrogen and oxygen atoms in total. The molecule has 4 aliphatic carbocycles. The summed E-state index contributed by atoms with van der Waals surface area (Å²) in [6.45, 7) is 38.8. The van der Waals surface area contributed by atoms with E-state index in [0.29, 0.717) is 35.3 Å². The Labute approximate surface area is 302 Å². The zero-order valence-corrected chi connectivity index (χ0v) is 34.9. The van der Waals surface area contributed by atoms with Gasteiger partial charge < -0.3 is 0 Å². The highest BCUT2D eigenvalue weighted by atomic mass is 28.3. The molecule has 1 N–H and O–H groups in total. The van der Waals surface area contributed by atoms with Crippen molar-refractivity contribution in [1.29, 1.82) is 0 Å². The lowest BCUT2D eigenvalue weighted by Gasteiger charge is -2.51. The quantitative estimate of drug-likeness (QED) is 0.321. The minimum absolute atomic E-state index is 0.0844. The van der Waals surface area contributed by atoms with E-state index in [4.69, 9.17) is 0 Å². The Bertz CT molecular complexity index is 1580. The topological polar surface area (TPSA) is 15.3 Å². The lowest BCUT2D eigenvalue weighted by atomic mass is 9.74. The Morgan fingerprint density at radius 2 is 1.10 bits per heavy atom. The van der Waals surface area contributed by atoms with Crippen LogP contribution >= 0.6 is 0 Å². The molecule has 2 fully saturated rings. The van der Waals surface area contributed by atoms with E-state index in [9.17, 15) is 0 Å². The lowest BCUT2D eigenvalue weighted by molar-refractivity contribution is 0.226. The number of allylic oxidation sites excluding steroid dienone is 10. The number of hydrogen-bond acceptors (Lipinski definition) is 2. The van der Waals surface area contributed by atoms with E-state index >= 15 is 0 Å². The zero-order chi connectivity index (χ0) is 36.3. The minimum atomic E-state index is -2.15. The SMILES string of the molecule is CC(C)(C)C1=CC2C(C=C1)C1C=CC(C(C)(C)C)=CC1C2[Si](C)(C)N1[C@@H]2C=CC=C(c3cc(C(C)(C)C)cc(C(C)(C)C)c3)C2NC1(C)C. The van der Waals surface area contributed by atoms with E-state index in [1.165, 1.54) is 33.4 Å². The normalized spacial score (nSPS) is 31.6. The first-order chi connectivity index (χ1) is 22.3. The van der Waals surface area contributed by atoms with Crippen LogP contribution in [0.2, 0.25) is 18.6 Å². The molecule has 1 aromatic carbocycles. The van der Waals surface area contributed by atoms with Gasteiger partial charge in [-0.25, -0.2) is 0 Å². The predicted molar refractivity (Wildman–Crippen MR) is 216 cm³/mol. The molecule has 266 valence electrons. The van der Waals surface area contributed by atoms with Crippen LogP contribution in [0.1, 0.15) is 114 Å². The summed E-state index contributed by atoms with van der Waals surface area (Å²) in [5.74, 6) is 2.21. The maximum Gasteiger partial charge on any atom is 0.129 e. The van der Waals surface area contributed by atoms with Crippen molar-refractivity contribution < 1.29 is 0 Å². The lowest BCUT2D eigenvalue weighted by Crippen LogP contribution is -2.64. The molecule has 0 aromatic heterocycles. The van der Waals surface area contributed by atoms with Crippen LogP contribution in [0.4, 0.5) is 0 Å². The van der Waals surface area contributed by atoms with Crippen molar-refractivity contribution >= 4 is 13.8 Å². The highest BCUT2D eigenvalue weighted by Gasteiger charge is 2.62. The Morgan fingerprint density at radius 1 is 0.633 bits per heavy atom. The Morgan fingerprint density at radius 3 is 1.53 bits per heavy atom. The van der Waals surface area contributed by atoms with Gasteiger partial charge in [0.25, 0.3) is 0 Å². The summed E-state index contributed by atoms with van der Waals surface area (Å²) < 4.78 is 3.03. The molecule has 1 saturated heterocycles. The summed E-state index contributed by atoms with van der Waals surface area (Å²) in [6.07, 6.45) is 23.0. The monoisotopic (exact) mass is 677 g/mol. The van der Waals surface area contributed by atoms with Gasteiger partial charge in [-0.3, -0.25) is 9.88 Å². The summed E-state index contributed by atoms with van der Waals surface area (Å²) >= 11 is 0. The summed E-state index contributed by atoms with van der Waals surface area (Å²) in [6, 6.07) is 8.01. The van der Waals surface area contributed by atoms with E-state index in [0.717, 1.165) is 0 Å². The first-order valence-electron chi connectivity index (χ1n) is 19.2. The second-order valence-corrected chi connectivity index (χ2v) is 25.8. The van der Waals surface area contributed by atoms with Crippen molar-refractivity contribution in [2.24, 2.45) is 34.5 Å². The Balaban J connectivity index is 1.45. The second kappa shape index (κ2) is 11.7. The van der Waals surface area contributed by atoms with Crippen LogP contribution < -0.4 is 5.32 Å². The number of benzene rings is 1. The van der Waals surface area contributed by atoms with E-state index in [-0.39, 0.29) is 33.4 Å². The molecule has 1 saturated carbocycles. The molecule has 0 spiro atoms. The van der Waals surface area contributed by atoms with Gasteiger partial charge in [-0.05, 0) is 98.1 Å². The van der Waals surface area contributed by atoms with Crippen molar-refractivity contribution in [3.05, 3.63) is 101 Å². The summed E-state index contributed by atoms with van der Waals surface area (Å²) in [5, 5.41) is 4.27. The highest BCUT2D eigenvalue weighted by Crippen LogP contribution is 2.62. The van der Waals surface area contributed by atoms with E-state index in [1.807, 2.05) is 0 Å². The van der Waals surface area contributed by atoms with Gasteiger partial charge >= 0.3 is 0 Å². The molecule has 6 rings (SSSR count). The third-order valence-electron chi connectivity index (χ3n) is 12.7. The minimum Gasteiger partial charge on any atom is -0.299 e. The third kappa shape index (κ3) is 6.44. The van der Waals surface area contributed by atoms with Crippen LogP contribution in [0, 0.1) is 34.5 Å². The molecule has 49 heavy (non-hydrogen) atoms. The number of rotatable bonds is 3. The Hall–Kier alpha value is -2.20. The van der Waals surface area contributed by atoms with Gasteiger partial charge in [0.15, 0.2) is 0 Å². The molecule has 1 aliphatic heterocycles. The number of nitrogens with one attached hydrogen (secondary N) is 1. The first kappa shape index (κ1) is 36.6. The fourth-order valence-electron chi connectivity index (χ4n) is 10.2. The number of hydrogen-bond donors (Lipinski definition) is 1. The van der Waals surface area contributed by atoms with Gasteiger partial charge in [-0.2, -0.15) is 0 Å². The van der Waals surface area contributed by atoms with Gasteiger partial charge in [-0.1, -0.05) is 169 Å². The Kier molecular flexibility index (Phi) is 8.70. The van der Waals surface area contributed by atoms with Gasteiger partial charge in [0.2, 0.25) is 0 Å². The van der Waals surface area contributed by atoms with Crippen molar-refractivity contribution in [3.63, 3.8) is 0 Å². The van der Waals surface area contributed by atoms with Gasteiger partial charge in [-0.15, -0.1) is 0 Å². The highest BCUT2D eigenvalue weighted by molar-refractivity contribution is 6.76. The smallest absolute Gasteiger partial charge is 0.129 e. The third-order valence-corrected chi connectivity index (χ3v) is 17.2. The van der Waals surface area contributed by atoms with Crippen LogP contribution in [0.25, 0.3) is 5.57 Å². The fraction of sp³-hybridized carbons (Fsp3) is 0.609. The molecule has 5 aliphatic rings. The van der Waals surface area contributed by atoms with Crippen molar-refractivity contribution in [1.82, 2.24) is 9.88 Å². The second-order valence-electron chi connectivity index (χ2n) is 21.3. The van der Waals surface area contributed by atoms with Crippen LogP contribution in [0.5, 0.6) is 0 Å². The maximum absolute atomic E-state index is 4.27. The molecular formula is C46H68N2Si. The molecule has 1 heterocycles.